The van der Waals surface area contributed by atoms with Crippen molar-refractivity contribution < 1.29 is 19.1 Å². The van der Waals surface area contributed by atoms with Crippen molar-refractivity contribution in [3.8, 4) is 0 Å². The second kappa shape index (κ2) is 7.74. The number of nitrogens with zero attached hydrogens (tertiary/aromatic N) is 1. The van der Waals surface area contributed by atoms with Gasteiger partial charge in [-0.1, -0.05) is 17.7 Å². The van der Waals surface area contributed by atoms with Crippen LogP contribution in [0.15, 0.2) is 42.5 Å². The number of amides is 1. The zero-order valence-corrected chi connectivity index (χ0v) is 15.8. The number of anilines is 1. The van der Waals surface area contributed by atoms with Gasteiger partial charge >= 0.3 is 5.97 Å². The lowest BCUT2D eigenvalue weighted by Gasteiger charge is -2.17. The van der Waals surface area contributed by atoms with Crippen LogP contribution in [0.25, 0.3) is 0 Å². The van der Waals surface area contributed by atoms with E-state index in [4.69, 9.17) is 4.74 Å². The maximum Gasteiger partial charge on any atom is 0.338 e. The predicted molar refractivity (Wildman–Crippen MR) is 103 cm³/mol. The Balaban J connectivity index is 1.68. The maximum atomic E-state index is 12.6. The number of rotatable bonds is 5. The number of hydrogen-bond donors (Lipinski definition) is 0. The summed E-state index contributed by atoms with van der Waals surface area (Å²) in [5, 5.41) is 0. The molecule has 5 nitrogen and oxygen atoms in total. The molecule has 1 amide bonds. The van der Waals surface area contributed by atoms with Crippen molar-refractivity contribution in [2.24, 2.45) is 0 Å². The third-order valence-corrected chi connectivity index (χ3v) is 4.80. The minimum absolute atomic E-state index is 0.0954. The number of carbonyl (C=O) groups excluding carboxylic acids is 3. The van der Waals surface area contributed by atoms with Gasteiger partial charge in [0, 0.05) is 24.2 Å². The van der Waals surface area contributed by atoms with Gasteiger partial charge < -0.3 is 9.64 Å². The van der Waals surface area contributed by atoms with Gasteiger partial charge in [-0.25, -0.2) is 4.79 Å². The van der Waals surface area contributed by atoms with Crippen LogP contribution in [0.2, 0.25) is 0 Å². The fourth-order valence-electron chi connectivity index (χ4n) is 3.20. The minimum Gasteiger partial charge on any atom is -0.451 e. The van der Waals surface area contributed by atoms with E-state index in [0.29, 0.717) is 24.1 Å². The molecule has 0 radical (unpaired) electrons. The predicted octanol–water partition coefficient (Wildman–Crippen LogP) is 3.86. The van der Waals surface area contributed by atoms with E-state index >= 15 is 0 Å². The van der Waals surface area contributed by atoms with E-state index in [1.165, 1.54) is 0 Å². The summed E-state index contributed by atoms with van der Waals surface area (Å²) in [5.41, 5.74) is 3.53. The molecule has 0 aromatic heterocycles. The quantitative estimate of drug-likeness (QED) is 0.596. The Hall–Kier alpha value is -2.95. The van der Waals surface area contributed by atoms with Gasteiger partial charge in [0.1, 0.15) is 0 Å². The molecule has 1 heterocycles. The molecule has 5 heteroatoms. The number of esters is 1. The van der Waals surface area contributed by atoms with Crippen LogP contribution in [0.1, 0.15) is 51.6 Å². The second-order valence-electron chi connectivity index (χ2n) is 6.93. The maximum absolute atomic E-state index is 12.6. The summed E-state index contributed by atoms with van der Waals surface area (Å²) >= 11 is 0. The zero-order chi connectivity index (χ0) is 19.6. The summed E-state index contributed by atoms with van der Waals surface area (Å²) in [5.74, 6) is -0.678. The molecule has 1 aliphatic rings. The van der Waals surface area contributed by atoms with Gasteiger partial charge in [-0.15, -0.1) is 0 Å². The molecule has 0 spiro atoms. The molecule has 0 saturated carbocycles. The Kier molecular flexibility index (Phi) is 5.40. The van der Waals surface area contributed by atoms with Crippen molar-refractivity contribution in [3.63, 3.8) is 0 Å². The fourth-order valence-corrected chi connectivity index (χ4v) is 3.20. The molecule has 0 bridgehead atoms. The average molecular weight is 365 g/mol. The fraction of sp³-hybridized carbons (Fsp3) is 0.318. The Morgan fingerprint density at radius 1 is 1.07 bits per heavy atom. The highest BCUT2D eigenvalue weighted by Crippen LogP contribution is 2.22. The van der Waals surface area contributed by atoms with E-state index in [2.05, 4.69) is 0 Å². The molecule has 1 aliphatic heterocycles. The number of hydrogen-bond acceptors (Lipinski definition) is 4. The number of ketones is 1. The van der Waals surface area contributed by atoms with Crippen molar-refractivity contribution in [3.05, 3.63) is 64.7 Å². The molecule has 2 aromatic carbocycles. The van der Waals surface area contributed by atoms with E-state index < -0.39 is 12.1 Å². The first kappa shape index (κ1) is 18.8. The van der Waals surface area contributed by atoms with E-state index in [1.54, 1.807) is 36.1 Å². The first-order valence-corrected chi connectivity index (χ1v) is 9.09. The van der Waals surface area contributed by atoms with Crippen LogP contribution in [0.4, 0.5) is 5.69 Å². The Morgan fingerprint density at radius 2 is 1.78 bits per heavy atom. The molecule has 3 rings (SSSR count). The van der Waals surface area contributed by atoms with Gasteiger partial charge in [-0.3, -0.25) is 9.59 Å². The third-order valence-electron chi connectivity index (χ3n) is 4.80. The number of ether oxygens (including phenoxy) is 1. The normalized spacial score (nSPS) is 14.9. The van der Waals surface area contributed by atoms with Crippen LogP contribution in [0.5, 0.6) is 0 Å². The van der Waals surface area contributed by atoms with Crippen molar-refractivity contribution >= 4 is 23.3 Å². The summed E-state index contributed by atoms with van der Waals surface area (Å²) in [6.45, 7) is 6.06. The standard InChI is InChI=1S/C22H23NO4/c1-14-6-7-15(2)19(13-14)21(25)16(3)27-22(26)17-8-10-18(11-9-17)23-12-4-5-20(23)24/h6-11,13,16H,4-5,12H2,1-3H3/t16-/m1/s1. The SMILES string of the molecule is Cc1ccc(C)c(C(=O)[C@@H](C)OC(=O)c2ccc(N3CCCC3=O)cc2)c1. The molecule has 2 aromatic rings. The van der Waals surface area contributed by atoms with Crippen LogP contribution in [0, 0.1) is 13.8 Å². The highest BCUT2D eigenvalue weighted by atomic mass is 16.5. The molecule has 27 heavy (non-hydrogen) atoms. The molecule has 1 atom stereocenters. The number of benzene rings is 2. The summed E-state index contributed by atoms with van der Waals surface area (Å²) in [7, 11) is 0. The van der Waals surface area contributed by atoms with E-state index in [1.807, 2.05) is 32.0 Å². The first-order valence-electron chi connectivity index (χ1n) is 9.09. The Bertz CT molecular complexity index is 886. The van der Waals surface area contributed by atoms with Gasteiger partial charge in [-0.05, 0) is 63.1 Å². The smallest absolute Gasteiger partial charge is 0.338 e. The molecule has 0 unspecified atom stereocenters. The van der Waals surface area contributed by atoms with Gasteiger partial charge in [0.05, 0.1) is 5.56 Å². The van der Waals surface area contributed by atoms with Crippen LogP contribution in [-0.4, -0.2) is 30.3 Å². The monoisotopic (exact) mass is 365 g/mol. The molecule has 1 saturated heterocycles. The number of Topliss-reactive ketones (excluding diaryl/α,β-unsaturated/α-hetero) is 1. The number of aryl methyl sites for hydroxylation is 2. The molecule has 0 aliphatic carbocycles. The summed E-state index contributed by atoms with van der Waals surface area (Å²) in [4.78, 5) is 38.5. The largest absolute Gasteiger partial charge is 0.451 e. The van der Waals surface area contributed by atoms with Crippen molar-refractivity contribution in [2.75, 3.05) is 11.4 Å². The average Bonchev–Trinajstić information content (AvgIpc) is 3.09. The third kappa shape index (κ3) is 4.08. The molecule has 140 valence electrons. The van der Waals surface area contributed by atoms with Crippen LogP contribution in [-0.2, 0) is 9.53 Å². The lowest BCUT2D eigenvalue weighted by molar-refractivity contribution is -0.117. The highest BCUT2D eigenvalue weighted by molar-refractivity contribution is 6.02. The van der Waals surface area contributed by atoms with Crippen molar-refractivity contribution in [1.29, 1.82) is 0 Å². The van der Waals surface area contributed by atoms with Gasteiger partial charge in [0.15, 0.2) is 6.10 Å². The molecule has 0 N–H and O–H groups in total. The van der Waals surface area contributed by atoms with Crippen molar-refractivity contribution in [1.82, 2.24) is 0 Å². The zero-order valence-electron chi connectivity index (χ0n) is 15.8. The lowest BCUT2D eigenvalue weighted by atomic mass is 9.99. The minimum atomic E-state index is -0.877. The Morgan fingerprint density at radius 3 is 2.41 bits per heavy atom. The van der Waals surface area contributed by atoms with E-state index in [-0.39, 0.29) is 11.7 Å². The Labute approximate surface area is 158 Å². The highest BCUT2D eigenvalue weighted by Gasteiger charge is 2.24. The first-order chi connectivity index (χ1) is 12.9. The summed E-state index contributed by atoms with van der Waals surface area (Å²) in [6.07, 6.45) is 0.528. The van der Waals surface area contributed by atoms with Gasteiger partial charge in [-0.2, -0.15) is 0 Å². The van der Waals surface area contributed by atoms with Gasteiger partial charge in [0.25, 0.3) is 0 Å². The van der Waals surface area contributed by atoms with E-state index in [0.717, 1.165) is 23.2 Å². The van der Waals surface area contributed by atoms with Crippen LogP contribution >= 0.6 is 0 Å². The topological polar surface area (TPSA) is 63.7 Å². The lowest BCUT2D eigenvalue weighted by Crippen LogP contribution is -2.25. The molecular weight excluding hydrogens is 342 g/mol. The summed E-state index contributed by atoms with van der Waals surface area (Å²) in [6, 6.07) is 12.3. The second-order valence-corrected chi connectivity index (χ2v) is 6.93. The van der Waals surface area contributed by atoms with Crippen LogP contribution in [0.3, 0.4) is 0 Å². The van der Waals surface area contributed by atoms with Crippen molar-refractivity contribution in [2.45, 2.75) is 39.7 Å². The molecular formula is C22H23NO4. The van der Waals surface area contributed by atoms with Crippen LogP contribution < -0.4 is 4.90 Å². The number of carbonyl (C=O) groups is 3. The van der Waals surface area contributed by atoms with E-state index in [9.17, 15) is 14.4 Å². The molecule has 1 fully saturated rings. The van der Waals surface area contributed by atoms with Gasteiger partial charge in [0.2, 0.25) is 11.7 Å². The summed E-state index contributed by atoms with van der Waals surface area (Å²) < 4.78 is 5.36.